The van der Waals surface area contributed by atoms with Gasteiger partial charge in [0.1, 0.15) is 0 Å². The Morgan fingerprint density at radius 3 is 1.47 bits per heavy atom. The molecule has 0 atom stereocenters. The van der Waals surface area contributed by atoms with Crippen molar-refractivity contribution in [2.24, 2.45) is 0 Å². The van der Waals surface area contributed by atoms with Crippen LogP contribution in [0, 0.1) is 0 Å². The van der Waals surface area contributed by atoms with E-state index in [1.165, 1.54) is 42.0 Å². The van der Waals surface area contributed by atoms with Gasteiger partial charge in [0.25, 0.3) is 0 Å². The fraction of sp³-hybridized carbons (Fsp3) is 0. The number of hydrogen-bond acceptors (Lipinski definition) is 4. The van der Waals surface area contributed by atoms with E-state index in [0.717, 1.165) is 66.9 Å². The van der Waals surface area contributed by atoms with Crippen LogP contribution in [0.4, 0.5) is 0 Å². The molecule has 10 aromatic carbocycles. The lowest BCUT2D eigenvalue weighted by Gasteiger charge is -2.19. The average molecular weight is 885 g/mol. The molecule has 0 N–H and O–H groups in total. The molecule has 0 radical (unpaired) electrons. The molecular weight excluding hydrogens is 845 g/mol. The van der Waals surface area contributed by atoms with Gasteiger partial charge in [-0.1, -0.05) is 206 Å². The first kappa shape index (κ1) is 39.6. The summed E-state index contributed by atoms with van der Waals surface area (Å²) in [7, 11) is 0. The van der Waals surface area contributed by atoms with Gasteiger partial charge in [0.15, 0.2) is 17.5 Å². The average Bonchev–Trinajstić information content (AvgIpc) is 3.97. The summed E-state index contributed by atoms with van der Waals surface area (Å²) in [6.07, 6.45) is 0. The van der Waals surface area contributed by atoms with Gasteiger partial charge < -0.3 is 4.57 Å². The smallest absolute Gasteiger partial charge is 0.164 e. The van der Waals surface area contributed by atoms with Gasteiger partial charge in [-0.3, -0.25) is 0 Å². The highest BCUT2D eigenvalue weighted by molar-refractivity contribution is 7.26. The van der Waals surface area contributed by atoms with Crippen LogP contribution in [0.15, 0.2) is 243 Å². The fourth-order valence-corrected chi connectivity index (χ4v) is 11.1. The minimum atomic E-state index is 0.610. The number of aromatic nitrogens is 4. The maximum atomic E-state index is 5.35. The van der Waals surface area contributed by atoms with Gasteiger partial charge in [-0.25, -0.2) is 15.0 Å². The number of rotatable bonds is 8. The molecule has 0 bridgehead atoms. The molecule has 0 aliphatic carbocycles. The summed E-state index contributed by atoms with van der Waals surface area (Å²) in [4.78, 5) is 15.8. The van der Waals surface area contributed by atoms with Crippen molar-refractivity contribution in [2.45, 2.75) is 0 Å². The zero-order chi connectivity index (χ0) is 45.0. The Balaban J connectivity index is 1.08. The molecule has 13 rings (SSSR count). The minimum Gasteiger partial charge on any atom is -0.309 e. The van der Waals surface area contributed by atoms with E-state index in [2.05, 4.69) is 211 Å². The Morgan fingerprint density at radius 2 is 0.838 bits per heavy atom. The van der Waals surface area contributed by atoms with Crippen molar-refractivity contribution in [3.05, 3.63) is 243 Å². The number of benzene rings is 10. The summed E-state index contributed by atoms with van der Waals surface area (Å²) >= 11 is 1.84. The van der Waals surface area contributed by atoms with Crippen LogP contribution in [0.5, 0.6) is 0 Å². The lowest BCUT2D eigenvalue weighted by atomic mass is 9.85. The normalized spacial score (nSPS) is 11.5. The Morgan fingerprint density at radius 1 is 0.309 bits per heavy atom. The van der Waals surface area contributed by atoms with Crippen molar-refractivity contribution in [3.8, 4) is 84.4 Å². The Kier molecular flexibility index (Phi) is 9.66. The molecule has 0 aliphatic heterocycles. The summed E-state index contributed by atoms with van der Waals surface area (Å²) in [5.74, 6) is 1.86. The second kappa shape index (κ2) is 16.6. The summed E-state index contributed by atoms with van der Waals surface area (Å²) in [5.41, 5.74) is 15.3. The largest absolute Gasteiger partial charge is 0.309 e. The number of thiophene rings is 1. The molecule has 0 unspecified atom stereocenters. The van der Waals surface area contributed by atoms with Crippen LogP contribution in [0.3, 0.4) is 0 Å². The molecule has 5 heteroatoms. The van der Waals surface area contributed by atoms with Gasteiger partial charge in [0, 0.05) is 53.3 Å². The van der Waals surface area contributed by atoms with E-state index in [4.69, 9.17) is 15.0 Å². The van der Waals surface area contributed by atoms with E-state index < -0.39 is 0 Å². The van der Waals surface area contributed by atoms with Crippen molar-refractivity contribution in [3.63, 3.8) is 0 Å². The zero-order valence-electron chi connectivity index (χ0n) is 36.8. The van der Waals surface area contributed by atoms with Crippen molar-refractivity contribution in [2.75, 3.05) is 0 Å². The van der Waals surface area contributed by atoms with Crippen molar-refractivity contribution < 1.29 is 0 Å². The highest BCUT2D eigenvalue weighted by Gasteiger charge is 2.22. The third-order valence-corrected chi connectivity index (χ3v) is 14.2. The van der Waals surface area contributed by atoms with Gasteiger partial charge in [-0.15, -0.1) is 11.3 Å². The Hall–Kier alpha value is -8.77. The number of fused-ring (bicyclic) bond motifs is 7. The van der Waals surface area contributed by atoms with E-state index in [-0.39, 0.29) is 0 Å². The first-order chi connectivity index (χ1) is 33.7. The number of para-hydroxylation sites is 2. The molecule has 0 saturated carbocycles. The van der Waals surface area contributed by atoms with Crippen LogP contribution in [0.25, 0.3) is 126 Å². The SMILES string of the molecule is c1ccc(-c2nc(-c3ccccc3)nc(-c3cc(-c4c(-c5ccccc5)cccc4-c4ccccc4)ccc3-c3ccc4c(c3)sc3ccc5c6ccccc6n(-c6ccccc6)c5c34)n2)cc1. The van der Waals surface area contributed by atoms with Crippen molar-refractivity contribution in [1.29, 1.82) is 0 Å². The standard InChI is InChI=1S/C63H40N4S/c1-6-19-41(20-7-1)49-30-18-31-50(42-21-8-2-9-22-42)58(49)46-34-35-48(54(39-46)63-65-61(43-23-10-3-11-24-43)64-62(66-63)44-25-12-4-13-26-44)45-33-36-53-57(40-45)68-56-38-37-52-51-29-16-17-32-55(51)67(60(52)59(53)56)47-27-14-5-15-28-47/h1-40H. The van der Waals surface area contributed by atoms with Crippen LogP contribution in [0.2, 0.25) is 0 Å². The third kappa shape index (κ3) is 6.79. The van der Waals surface area contributed by atoms with Gasteiger partial charge in [-0.2, -0.15) is 0 Å². The van der Waals surface area contributed by atoms with Gasteiger partial charge in [-0.05, 0) is 80.9 Å². The summed E-state index contributed by atoms with van der Waals surface area (Å²) in [5, 5.41) is 5.01. The van der Waals surface area contributed by atoms with Crippen LogP contribution >= 0.6 is 11.3 Å². The van der Waals surface area contributed by atoms with Gasteiger partial charge >= 0.3 is 0 Å². The molecule has 13 aromatic rings. The molecule has 3 aromatic heterocycles. The lowest BCUT2D eigenvalue weighted by Crippen LogP contribution is -2.01. The molecule has 318 valence electrons. The van der Waals surface area contributed by atoms with Crippen molar-refractivity contribution in [1.82, 2.24) is 19.5 Å². The second-order valence-corrected chi connectivity index (χ2v) is 18.2. The highest BCUT2D eigenvalue weighted by atomic mass is 32.1. The molecule has 0 spiro atoms. The van der Waals surface area contributed by atoms with E-state index in [0.29, 0.717) is 17.5 Å². The summed E-state index contributed by atoms with van der Waals surface area (Å²) in [6, 6.07) is 86.4. The fourth-order valence-electron chi connectivity index (χ4n) is 9.97. The lowest BCUT2D eigenvalue weighted by molar-refractivity contribution is 1.07. The molecule has 4 nitrogen and oxygen atoms in total. The van der Waals surface area contributed by atoms with Crippen molar-refractivity contribution >= 4 is 53.3 Å². The van der Waals surface area contributed by atoms with Crippen LogP contribution in [-0.4, -0.2) is 19.5 Å². The maximum absolute atomic E-state index is 5.35. The molecule has 0 aliphatic rings. The predicted octanol–water partition coefficient (Wildman–Crippen LogP) is 17.0. The van der Waals surface area contributed by atoms with Crippen LogP contribution in [-0.2, 0) is 0 Å². The maximum Gasteiger partial charge on any atom is 0.164 e. The van der Waals surface area contributed by atoms with Crippen LogP contribution < -0.4 is 0 Å². The number of hydrogen-bond donors (Lipinski definition) is 0. The summed E-state index contributed by atoms with van der Waals surface area (Å²) in [6.45, 7) is 0. The third-order valence-electron chi connectivity index (χ3n) is 13.1. The number of nitrogens with zero attached hydrogens (tertiary/aromatic N) is 4. The molecule has 3 heterocycles. The molecule has 68 heavy (non-hydrogen) atoms. The first-order valence-electron chi connectivity index (χ1n) is 22.9. The molecule has 0 amide bonds. The topological polar surface area (TPSA) is 43.6 Å². The van der Waals surface area contributed by atoms with E-state index in [1.807, 2.05) is 47.7 Å². The van der Waals surface area contributed by atoms with E-state index >= 15 is 0 Å². The van der Waals surface area contributed by atoms with Crippen LogP contribution in [0.1, 0.15) is 0 Å². The molecule has 0 fully saturated rings. The monoisotopic (exact) mass is 884 g/mol. The first-order valence-corrected chi connectivity index (χ1v) is 23.7. The van der Waals surface area contributed by atoms with Gasteiger partial charge in [0.05, 0.1) is 11.0 Å². The van der Waals surface area contributed by atoms with E-state index in [9.17, 15) is 0 Å². The zero-order valence-corrected chi connectivity index (χ0v) is 37.6. The Labute approximate surface area is 397 Å². The van der Waals surface area contributed by atoms with E-state index in [1.54, 1.807) is 0 Å². The highest BCUT2D eigenvalue weighted by Crippen LogP contribution is 2.47. The quantitative estimate of drug-likeness (QED) is 0.153. The predicted molar refractivity (Wildman–Crippen MR) is 285 cm³/mol. The molecule has 0 saturated heterocycles. The summed E-state index contributed by atoms with van der Waals surface area (Å²) < 4.78 is 4.91. The Bertz CT molecular complexity index is 3880. The van der Waals surface area contributed by atoms with Gasteiger partial charge in [0.2, 0.25) is 0 Å². The molecular formula is C63H40N4S. The second-order valence-electron chi connectivity index (χ2n) is 17.1. The minimum absolute atomic E-state index is 0.610.